The summed E-state index contributed by atoms with van der Waals surface area (Å²) >= 11 is 6.01. The van der Waals surface area contributed by atoms with Gasteiger partial charge in [0.25, 0.3) is 5.56 Å². The lowest BCUT2D eigenvalue weighted by Gasteiger charge is -2.28. The van der Waals surface area contributed by atoms with Crippen molar-refractivity contribution in [1.82, 2.24) is 9.78 Å². The summed E-state index contributed by atoms with van der Waals surface area (Å²) in [5, 5.41) is 15.5. The second-order valence-corrected chi connectivity index (χ2v) is 6.84. The second kappa shape index (κ2) is 6.24. The highest BCUT2D eigenvalue weighted by molar-refractivity contribution is 6.32. The van der Waals surface area contributed by atoms with Gasteiger partial charge in [0.2, 0.25) is 5.91 Å². The number of nitrogens with zero attached hydrogens (tertiary/aromatic N) is 1. The van der Waals surface area contributed by atoms with Crippen LogP contribution in [-0.4, -0.2) is 34.0 Å². The summed E-state index contributed by atoms with van der Waals surface area (Å²) in [6.07, 6.45) is 1.72. The SMILES string of the molecule is O=C1CC(c2ccc(O)c(Cl)c2)c2c(n(C3CCOCC3)[nH]c2=O)N1. The van der Waals surface area contributed by atoms with Gasteiger partial charge in [-0.15, -0.1) is 0 Å². The molecule has 1 saturated heterocycles. The summed E-state index contributed by atoms with van der Waals surface area (Å²) in [6.45, 7) is 1.26. The molecule has 3 heterocycles. The number of hydrogen-bond donors (Lipinski definition) is 3. The zero-order chi connectivity index (χ0) is 17.6. The molecule has 2 aliphatic heterocycles. The smallest absolute Gasteiger partial charge is 0.270 e. The van der Waals surface area contributed by atoms with Crippen molar-refractivity contribution in [3.05, 3.63) is 44.7 Å². The first-order chi connectivity index (χ1) is 12.0. The van der Waals surface area contributed by atoms with Gasteiger partial charge in [-0.2, -0.15) is 0 Å². The molecular formula is C17H18ClN3O4. The van der Waals surface area contributed by atoms with E-state index in [4.69, 9.17) is 16.3 Å². The van der Waals surface area contributed by atoms with Gasteiger partial charge >= 0.3 is 0 Å². The van der Waals surface area contributed by atoms with Crippen LogP contribution in [-0.2, 0) is 9.53 Å². The molecule has 7 nitrogen and oxygen atoms in total. The summed E-state index contributed by atoms with van der Waals surface area (Å²) in [5.74, 6) is -0.0462. The first kappa shape index (κ1) is 16.2. The Morgan fingerprint density at radius 2 is 2.00 bits per heavy atom. The van der Waals surface area contributed by atoms with Crippen molar-refractivity contribution in [2.45, 2.75) is 31.2 Å². The van der Waals surface area contributed by atoms with Gasteiger partial charge in [-0.25, -0.2) is 0 Å². The minimum Gasteiger partial charge on any atom is -0.506 e. The summed E-state index contributed by atoms with van der Waals surface area (Å²) < 4.78 is 7.15. The topological polar surface area (TPSA) is 96.3 Å². The quantitative estimate of drug-likeness (QED) is 0.763. The van der Waals surface area contributed by atoms with E-state index in [-0.39, 0.29) is 34.7 Å². The Morgan fingerprint density at radius 1 is 1.24 bits per heavy atom. The Morgan fingerprint density at radius 3 is 2.72 bits per heavy atom. The van der Waals surface area contributed by atoms with Crippen molar-refractivity contribution >= 4 is 23.3 Å². The first-order valence-corrected chi connectivity index (χ1v) is 8.63. The molecule has 3 N–H and O–H groups in total. The highest BCUT2D eigenvalue weighted by Crippen LogP contribution is 2.39. The van der Waals surface area contributed by atoms with E-state index in [1.165, 1.54) is 6.07 Å². The van der Waals surface area contributed by atoms with E-state index in [9.17, 15) is 14.7 Å². The van der Waals surface area contributed by atoms with Crippen LogP contribution in [0.1, 0.15) is 42.3 Å². The normalized spacial score (nSPS) is 21.0. The van der Waals surface area contributed by atoms with Crippen molar-refractivity contribution in [3.8, 4) is 5.75 Å². The van der Waals surface area contributed by atoms with Crippen molar-refractivity contribution in [2.24, 2.45) is 0 Å². The number of fused-ring (bicyclic) bond motifs is 1. The maximum absolute atomic E-state index is 12.6. The Hall–Kier alpha value is -2.25. The number of anilines is 1. The monoisotopic (exact) mass is 363 g/mol. The zero-order valence-corrected chi connectivity index (χ0v) is 14.2. The van der Waals surface area contributed by atoms with E-state index < -0.39 is 5.92 Å². The average Bonchev–Trinajstić information content (AvgIpc) is 2.94. The number of H-pyrrole nitrogens is 1. The van der Waals surface area contributed by atoms with Crippen LogP contribution < -0.4 is 10.9 Å². The van der Waals surface area contributed by atoms with E-state index in [0.717, 1.165) is 18.4 Å². The van der Waals surface area contributed by atoms with Gasteiger partial charge in [-0.3, -0.25) is 19.4 Å². The third-order valence-electron chi connectivity index (χ3n) is 4.89. The fourth-order valence-corrected chi connectivity index (χ4v) is 3.81. The Kier molecular flexibility index (Phi) is 4.05. The molecule has 2 aliphatic rings. The molecule has 1 aromatic heterocycles. The number of amides is 1. The summed E-state index contributed by atoms with van der Waals surface area (Å²) in [4.78, 5) is 24.9. The lowest BCUT2D eigenvalue weighted by molar-refractivity contribution is -0.116. The van der Waals surface area contributed by atoms with E-state index >= 15 is 0 Å². The van der Waals surface area contributed by atoms with E-state index in [2.05, 4.69) is 10.4 Å². The van der Waals surface area contributed by atoms with E-state index in [1.54, 1.807) is 16.8 Å². The number of aromatic amines is 1. The Balaban J connectivity index is 1.80. The van der Waals surface area contributed by atoms with Gasteiger partial charge in [-0.1, -0.05) is 17.7 Å². The molecule has 1 fully saturated rings. The molecule has 4 rings (SSSR count). The largest absolute Gasteiger partial charge is 0.506 e. The van der Waals surface area contributed by atoms with Gasteiger partial charge in [0.1, 0.15) is 11.6 Å². The molecule has 0 radical (unpaired) electrons. The van der Waals surface area contributed by atoms with Gasteiger partial charge in [-0.05, 0) is 30.5 Å². The van der Waals surface area contributed by atoms with Gasteiger partial charge in [0, 0.05) is 25.6 Å². The molecule has 25 heavy (non-hydrogen) atoms. The minimum atomic E-state index is -0.397. The molecule has 1 atom stereocenters. The summed E-state index contributed by atoms with van der Waals surface area (Å²) in [7, 11) is 0. The van der Waals surface area contributed by atoms with Crippen LogP contribution in [0.3, 0.4) is 0 Å². The van der Waals surface area contributed by atoms with Crippen LogP contribution in [0.2, 0.25) is 5.02 Å². The number of ether oxygens (including phenoxy) is 1. The van der Waals surface area contributed by atoms with Crippen LogP contribution in [0.15, 0.2) is 23.0 Å². The molecule has 132 valence electrons. The van der Waals surface area contributed by atoms with Gasteiger partial charge < -0.3 is 15.2 Å². The molecular weight excluding hydrogens is 346 g/mol. The average molecular weight is 364 g/mol. The van der Waals surface area contributed by atoms with Crippen LogP contribution in [0.25, 0.3) is 0 Å². The summed E-state index contributed by atoms with van der Waals surface area (Å²) in [5.41, 5.74) is 1.05. The number of phenolic OH excluding ortho intramolecular Hbond substituents is 1. The number of aromatic hydroxyl groups is 1. The second-order valence-electron chi connectivity index (χ2n) is 6.43. The predicted molar refractivity (Wildman–Crippen MR) is 92.3 cm³/mol. The molecule has 8 heteroatoms. The van der Waals surface area contributed by atoms with Crippen LogP contribution >= 0.6 is 11.6 Å². The maximum atomic E-state index is 12.6. The number of nitrogens with one attached hydrogen (secondary N) is 2. The molecule has 0 aliphatic carbocycles. The molecule has 0 bridgehead atoms. The lowest BCUT2D eigenvalue weighted by Crippen LogP contribution is -2.28. The molecule has 0 spiro atoms. The highest BCUT2D eigenvalue weighted by atomic mass is 35.5. The van der Waals surface area contributed by atoms with Crippen molar-refractivity contribution in [2.75, 3.05) is 18.5 Å². The molecule has 1 aromatic carbocycles. The lowest BCUT2D eigenvalue weighted by atomic mass is 9.87. The number of carbonyl (C=O) groups is 1. The number of hydrogen-bond acceptors (Lipinski definition) is 4. The fourth-order valence-electron chi connectivity index (χ4n) is 3.63. The van der Waals surface area contributed by atoms with Crippen molar-refractivity contribution in [3.63, 3.8) is 0 Å². The van der Waals surface area contributed by atoms with Crippen LogP contribution in [0.4, 0.5) is 5.82 Å². The molecule has 1 unspecified atom stereocenters. The zero-order valence-electron chi connectivity index (χ0n) is 13.4. The molecule has 2 aromatic rings. The standard InChI is InChI=1S/C17H18ClN3O4/c18-12-7-9(1-2-13(12)22)11-8-14(23)19-16-15(11)17(24)20-21(16)10-3-5-25-6-4-10/h1-2,7,10-11,22H,3-6,8H2,(H,19,23)(H,20,24). The van der Waals surface area contributed by atoms with Crippen molar-refractivity contribution in [1.29, 1.82) is 0 Å². The van der Waals surface area contributed by atoms with Gasteiger partial charge in [0.05, 0.1) is 16.6 Å². The predicted octanol–water partition coefficient (Wildman–Crippen LogP) is 2.36. The number of benzene rings is 1. The Bertz CT molecular complexity index is 883. The number of rotatable bonds is 2. The highest BCUT2D eigenvalue weighted by Gasteiger charge is 2.34. The fraction of sp³-hybridized carbons (Fsp3) is 0.412. The molecule has 0 saturated carbocycles. The minimum absolute atomic E-state index is 0.0282. The van der Waals surface area contributed by atoms with Crippen molar-refractivity contribution < 1.29 is 14.6 Å². The third-order valence-corrected chi connectivity index (χ3v) is 5.19. The Labute approximate surface area is 148 Å². The van der Waals surface area contributed by atoms with Crippen LogP contribution in [0.5, 0.6) is 5.75 Å². The van der Waals surface area contributed by atoms with E-state index in [1.807, 2.05) is 0 Å². The number of phenols is 1. The maximum Gasteiger partial charge on any atom is 0.270 e. The van der Waals surface area contributed by atoms with Gasteiger partial charge in [0.15, 0.2) is 0 Å². The number of aromatic nitrogens is 2. The molecule has 1 amide bonds. The number of halogens is 1. The first-order valence-electron chi connectivity index (χ1n) is 8.25. The van der Waals surface area contributed by atoms with Crippen LogP contribution in [0, 0.1) is 0 Å². The van der Waals surface area contributed by atoms with E-state index in [0.29, 0.717) is 24.6 Å². The number of carbonyl (C=O) groups excluding carboxylic acids is 1. The third kappa shape index (κ3) is 2.83. The summed E-state index contributed by atoms with van der Waals surface area (Å²) in [6, 6.07) is 4.87.